The Labute approximate surface area is 108 Å². The highest BCUT2D eigenvalue weighted by molar-refractivity contribution is 7.20. The zero-order valence-electron chi connectivity index (χ0n) is 10.0. The minimum Gasteiger partial charge on any atom is -0.381 e. The molecule has 2 aromatic heterocycles. The van der Waals surface area contributed by atoms with Crippen molar-refractivity contribution in [1.29, 1.82) is 0 Å². The first-order valence-corrected chi connectivity index (χ1v) is 6.73. The summed E-state index contributed by atoms with van der Waals surface area (Å²) in [7, 11) is 0. The van der Waals surface area contributed by atoms with Gasteiger partial charge in [0, 0.05) is 30.8 Å². The Morgan fingerprint density at radius 1 is 1.67 bits per heavy atom. The van der Waals surface area contributed by atoms with Crippen molar-refractivity contribution in [1.82, 2.24) is 14.6 Å². The molecule has 2 aromatic rings. The first kappa shape index (κ1) is 11.6. The number of aryl methyl sites for hydroxylation is 1. The SMILES string of the molecule is Cc1cc(=O)n2nc(NC[C@@H]3CCOC3)sc2n1. The minimum absolute atomic E-state index is 0.133. The van der Waals surface area contributed by atoms with Crippen molar-refractivity contribution >= 4 is 21.4 Å². The van der Waals surface area contributed by atoms with E-state index in [2.05, 4.69) is 15.4 Å². The number of nitrogens with zero attached hydrogens (tertiary/aromatic N) is 3. The van der Waals surface area contributed by atoms with Crippen molar-refractivity contribution in [2.45, 2.75) is 13.3 Å². The number of anilines is 1. The Morgan fingerprint density at radius 2 is 2.56 bits per heavy atom. The molecule has 6 nitrogen and oxygen atoms in total. The number of ether oxygens (including phenoxy) is 1. The molecule has 3 heterocycles. The Hall–Kier alpha value is -1.47. The van der Waals surface area contributed by atoms with Crippen molar-refractivity contribution < 1.29 is 4.74 Å². The van der Waals surface area contributed by atoms with Crippen LogP contribution in [0.1, 0.15) is 12.1 Å². The highest BCUT2D eigenvalue weighted by Crippen LogP contribution is 2.18. The Balaban J connectivity index is 1.80. The molecule has 3 rings (SSSR count). The lowest BCUT2D eigenvalue weighted by Gasteiger charge is -2.06. The van der Waals surface area contributed by atoms with Crippen LogP contribution in [0.2, 0.25) is 0 Å². The van der Waals surface area contributed by atoms with Gasteiger partial charge >= 0.3 is 0 Å². The van der Waals surface area contributed by atoms with E-state index in [9.17, 15) is 4.79 Å². The van der Waals surface area contributed by atoms with Gasteiger partial charge in [-0.2, -0.15) is 4.52 Å². The average Bonchev–Trinajstić information content (AvgIpc) is 2.93. The highest BCUT2D eigenvalue weighted by Gasteiger charge is 2.16. The molecule has 1 fully saturated rings. The molecular formula is C11H14N4O2S. The fourth-order valence-electron chi connectivity index (χ4n) is 1.97. The third-order valence-corrected chi connectivity index (χ3v) is 3.81. The molecule has 0 amide bonds. The summed E-state index contributed by atoms with van der Waals surface area (Å²) in [5.74, 6) is 0.531. The second-order valence-electron chi connectivity index (χ2n) is 4.45. The Bertz CT molecular complexity index is 615. The Morgan fingerprint density at radius 3 is 3.33 bits per heavy atom. The molecule has 0 radical (unpaired) electrons. The van der Waals surface area contributed by atoms with Crippen LogP contribution in [0.4, 0.5) is 5.13 Å². The largest absolute Gasteiger partial charge is 0.381 e. The van der Waals surface area contributed by atoms with Crippen molar-refractivity contribution in [2.24, 2.45) is 5.92 Å². The van der Waals surface area contributed by atoms with Crippen LogP contribution in [0.15, 0.2) is 10.9 Å². The lowest BCUT2D eigenvalue weighted by atomic mass is 10.1. The van der Waals surface area contributed by atoms with Gasteiger partial charge in [-0.3, -0.25) is 4.79 Å². The summed E-state index contributed by atoms with van der Waals surface area (Å²) < 4.78 is 6.65. The van der Waals surface area contributed by atoms with Crippen LogP contribution in [0.5, 0.6) is 0 Å². The Kier molecular flexibility index (Phi) is 3.00. The topological polar surface area (TPSA) is 68.5 Å². The van der Waals surface area contributed by atoms with Crippen LogP contribution in [0, 0.1) is 12.8 Å². The normalized spacial score (nSPS) is 19.5. The second kappa shape index (κ2) is 4.66. The van der Waals surface area contributed by atoms with E-state index in [1.807, 2.05) is 6.92 Å². The number of fused-ring (bicyclic) bond motifs is 1. The predicted molar refractivity (Wildman–Crippen MR) is 69.3 cm³/mol. The van der Waals surface area contributed by atoms with Crippen molar-refractivity contribution in [3.8, 4) is 0 Å². The maximum Gasteiger partial charge on any atom is 0.275 e. The number of aromatic nitrogens is 3. The van der Waals surface area contributed by atoms with Gasteiger partial charge in [-0.1, -0.05) is 11.3 Å². The molecule has 0 aromatic carbocycles. The van der Waals surface area contributed by atoms with Gasteiger partial charge in [0.1, 0.15) is 0 Å². The van der Waals surface area contributed by atoms with Gasteiger partial charge in [0.15, 0.2) is 0 Å². The molecule has 0 saturated carbocycles. The zero-order valence-corrected chi connectivity index (χ0v) is 10.9. The van der Waals surface area contributed by atoms with E-state index < -0.39 is 0 Å². The summed E-state index contributed by atoms with van der Waals surface area (Å²) >= 11 is 1.40. The van der Waals surface area contributed by atoms with Gasteiger partial charge in [-0.15, -0.1) is 5.10 Å². The molecule has 0 spiro atoms. The molecule has 0 bridgehead atoms. The van der Waals surface area contributed by atoms with Gasteiger partial charge in [0.05, 0.1) is 6.61 Å². The molecule has 1 saturated heterocycles. The van der Waals surface area contributed by atoms with Crippen LogP contribution >= 0.6 is 11.3 Å². The summed E-state index contributed by atoms with van der Waals surface area (Å²) in [6.07, 6.45) is 1.08. The molecule has 1 aliphatic rings. The first-order chi connectivity index (χ1) is 8.72. The zero-order chi connectivity index (χ0) is 12.5. The average molecular weight is 266 g/mol. The van der Waals surface area contributed by atoms with Gasteiger partial charge in [-0.25, -0.2) is 4.98 Å². The molecule has 0 unspecified atom stereocenters. The van der Waals surface area contributed by atoms with E-state index in [1.54, 1.807) is 0 Å². The molecule has 7 heteroatoms. The summed E-state index contributed by atoms with van der Waals surface area (Å²) in [4.78, 5) is 16.6. The predicted octanol–water partition coefficient (Wildman–Crippen LogP) is 0.908. The smallest absolute Gasteiger partial charge is 0.275 e. The van der Waals surface area contributed by atoms with Crippen LogP contribution in [0.25, 0.3) is 4.96 Å². The highest BCUT2D eigenvalue weighted by atomic mass is 32.1. The minimum atomic E-state index is -0.133. The van der Waals surface area contributed by atoms with Gasteiger partial charge in [-0.05, 0) is 13.3 Å². The summed E-state index contributed by atoms with van der Waals surface area (Å²) in [5, 5.41) is 8.21. The fourth-order valence-corrected chi connectivity index (χ4v) is 2.83. The molecule has 96 valence electrons. The van der Waals surface area contributed by atoms with Gasteiger partial charge < -0.3 is 10.1 Å². The maximum atomic E-state index is 11.7. The number of hydrogen-bond donors (Lipinski definition) is 1. The van der Waals surface area contributed by atoms with Crippen LogP contribution in [-0.2, 0) is 4.74 Å². The van der Waals surface area contributed by atoms with E-state index in [0.29, 0.717) is 10.9 Å². The lowest BCUT2D eigenvalue weighted by Crippen LogP contribution is -2.16. The van der Waals surface area contributed by atoms with Crippen LogP contribution in [-0.4, -0.2) is 34.4 Å². The number of nitrogens with one attached hydrogen (secondary N) is 1. The van der Waals surface area contributed by atoms with Crippen LogP contribution < -0.4 is 10.9 Å². The second-order valence-corrected chi connectivity index (χ2v) is 5.40. The van der Waals surface area contributed by atoms with E-state index >= 15 is 0 Å². The van der Waals surface area contributed by atoms with E-state index in [1.165, 1.54) is 21.9 Å². The lowest BCUT2D eigenvalue weighted by molar-refractivity contribution is 0.187. The quantitative estimate of drug-likeness (QED) is 0.894. The third-order valence-electron chi connectivity index (χ3n) is 2.94. The van der Waals surface area contributed by atoms with Gasteiger partial charge in [0.25, 0.3) is 5.56 Å². The first-order valence-electron chi connectivity index (χ1n) is 5.91. The van der Waals surface area contributed by atoms with Crippen LogP contribution in [0.3, 0.4) is 0 Å². The standard InChI is InChI=1S/C11H14N4O2S/c1-7-4-9(16)15-11(13-7)18-10(14-15)12-5-8-2-3-17-6-8/h4,8H,2-3,5-6H2,1H3,(H,12,14)/t8-/m0/s1. The third kappa shape index (κ3) is 2.23. The van der Waals surface area contributed by atoms with E-state index in [-0.39, 0.29) is 5.56 Å². The van der Waals surface area contributed by atoms with Crippen molar-refractivity contribution in [3.63, 3.8) is 0 Å². The molecular weight excluding hydrogens is 252 g/mol. The number of hydrogen-bond acceptors (Lipinski definition) is 6. The summed E-state index contributed by atoms with van der Waals surface area (Å²) in [6.45, 7) is 4.28. The number of rotatable bonds is 3. The van der Waals surface area contributed by atoms with E-state index in [4.69, 9.17) is 4.74 Å². The van der Waals surface area contributed by atoms with Gasteiger partial charge in [0.2, 0.25) is 10.1 Å². The van der Waals surface area contributed by atoms with Crippen molar-refractivity contribution in [2.75, 3.05) is 25.1 Å². The fraction of sp³-hybridized carbons (Fsp3) is 0.545. The molecule has 1 atom stereocenters. The van der Waals surface area contributed by atoms with Crippen molar-refractivity contribution in [3.05, 3.63) is 22.1 Å². The summed E-state index contributed by atoms with van der Waals surface area (Å²) in [6, 6.07) is 1.49. The molecule has 0 aliphatic carbocycles. The molecule has 1 aliphatic heterocycles. The molecule has 18 heavy (non-hydrogen) atoms. The van der Waals surface area contributed by atoms with E-state index in [0.717, 1.165) is 37.0 Å². The maximum absolute atomic E-state index is 11.7. The molecule has 1 N–H and O–H groups in total. The monoisotopic (exact) mass is 266 g/mol. The summed E-state index contributed by atoms with van der Waals surface area (Å²) in [5.41, 5.74) is 0.588.